The third kappa shape index (κ3) is 5.19. The second-order valence-corrected chi connectivity index (χ2v) is 4.64. The summed E-state index contributed by atoms with van der Waals surface area (Å²) in [5, 5.41) is 2.88. The van der Waals surface area contributed by atoms with Crippen molar-refractivity contribution >= 4 is 18.3 Å². The van der Waals surface area contributed by atoms with E-state index in [1.165, 1.54) is 18.2 Å². The number of rotatable bonds is 5. The van der Waals surface area contributed by atoms with E-state index in [0.717, 1.165) is 5.56 Å². The SMILES string of the molecule is COCC(N)C(=O)NC(C)c1ccc(C)c(C)c1.Cl. The molecule has 0 radical (unpaired) electrons. The van der Waals surface area contributed by atoms with Crippen LogP contribution in [0.15, 0.2) is 18.2 Å². The minimum atomic E-state index is -0.621. The summed E-state index contributed by atoms with van der Waals surface area (Å²) in [6.07, 6.45) is 0. The number of methoxy groups -OCH3 is 1. The van der Waals surface area contributed by atoms with Crippen LogP contribution in [0.25, 0.3) is 0 Å². The van der Waals surface area contributed by atoms with Gasteiger partial charge in [-0.1, -0.05) is 18.2 Å². The van der Waals surface area contributed by atoms with Crippen molar-refractivity contribution in [2.45, 2.75) is 32.9 Å². The van der Waals surface area contributed by atoms with Gasteiger partial charge in [-0.25, -0.2) is 0 Å². The fourth-order valence-corrected chi connectivity index (χ4v) is 1.69. The molecule has 0 aromatic heterocycles. The van der Waals surface area contributed by atoms with Crippen LogP contribution in [0.4, 0.5) is 0 Å². The summed E-state index contributed by atoms with van der Waals surface area (Å²) in [5.74, 6) is -0.192. The molecular formula is C14H23ClN2O2. The highest BCUT2D eigenvalue weighted by atomic mass is 35.5. The van der Waals surface area contributed by atoms with E-state index in [4.69, 9.17) is 10.5 Å². The van der Waals surface area contributed by atoms with Gasteiger partial charge in [0.15, 0.2) is 0 Å². The van der Waals surface area contributed by atoms with Crippen molar-refractivity contribution in [3.63, 3.8) is 0 Å². The Bertz CT molecular complexity index is 424. The first-order valence-corrected chi connectivity index (χ1v) is 6.07. The van der Waals surface area contributed by atoms with E-state index in [1.807, 2.05) is 13.0 Å². The summed E-state index contributed by atoms with van der Waals surface area (Å²) < 4.78 is 4.86. The molecule has 108 valence electrons. The van der Waals surface area contributed by atoms with Crippen LogP contribution in [-0.4, -0.2) is 25.7 Å². The average Bonchev–Trinajstić information content (AvgIpc) is 2.32. The number of nitrogens with one attached hydrogen (secondary N) is 1. The smallest absolute Gasteiger partial charge is 0.239 e. The molecule has 1 amide bonds. The number of hydrogen-bond acceptors (Lipinski definition) is 3. The van der Waals surface area contributed by atoms with Crippen molar-refractivity contribution in [1.29, 1.82) is 0 Å². The Kier molecular flexibility index (Phi) is 7.68. The third-order valence-corrected chi connectivity index (χ3v) is 3.07. The summed E-state index contributed by atoms with van der Waals surface area (Å²) in [4.78, 5) is 11.8. The highest BCUT2D eigenvalue weighted by Crippen LogP contribution is 2.16. The summed E-state index contributed by atoms with van der Waals surface area (Å²) in [6.45, 7) is 6.30. The van der Waals surface area contributed by atoms with Gasteiger partial charge in [-0.15, -0.1) is 12.4 Å². The van der Waals surface area contributed by atoms with E-state index in [-0.39, 0.29) is 31.0 Å². The highest BCUT2D eigenvalue weighted by Gasteiger charge is 2.16. The number of nitrogens with two attached hydrogens (primary N) is 1. The van der Waals surface area contributed by atoms with Gasteiger partial charge in [-0.3, -0.25) is 4.79 Å². The van der Waals surface area contributed by atoms with Crippen LogP contribution in [0.2, 0.25) is 0 Å². The van der Waals surface area contributed by atoms with E-state index in [1.54, 1.807) is 0 Å². The summed E-state index contributed by atoms with van der Waals surface area (Å²) in [5.41, 5.74) is 9.21. The number of aryl methyl sites for hydroxylation is 2. The lowest BCUT2D eigenvalue weighted by atomic mass is 10.0. The number of halogens is 1. The van der Waals surface area contributed by atoms with Crippen molar-refractivity contribution in [3.8, 4) is 0 Å². The van der Waals surface area contributed by atoms with Crippen LogP contribution in [0.3, 0.4) is 0 Å². The van der Waals surface area contributed by atoms with Crippen LogP contribution in [0.1, 0.15) is 29.7 Å². The predicted octanol–water partition coefficient (Wildman–Crippen LogP) is 1.88. The molecule has 4 nitrogen and oxygen atoms in total. The zero-order valence-electron chi connectivity index (χ0n) is 11.9. The van der Waals surface area contributed by atoms with E-state index >= 15 is 0 Å². The van der Waals surface area contributed by atoms with Gasteiger partial charge in [0.25, 0.3) is 0 Å². The topological polar surface area (TPSA) is 64.3 Å². The molecule has 3 N–H and O–H groups in total. The molecule has 0 saturated heterocycles. The summed E-state index contributed by atoms with van der Waals surface area (Å²) >= 11 is 0. The standard InChI is InChI=1S/C14H22N2O2.ClH/c1-9-5-6-12(7-10(9)2)11(3)16-14(17)13(15)8-18-4;/h5-7,11,13H,8,15H2,1-4H3,(H,16,17);1H. The van der Waals surface area contributed by atoms with Gasteiger partial charge in [0, 0.05) is 7.11 Å². The lowest BCUT2D eigenvalue weighted by Crippen LogP contribution is -2.44. The van der Waals surface area contributed by atoms with Crippen LogP contribution >= 0.6 is 12.4 Å². The van der Waals surface area contributed by atoms with E-state index in [9.17, 15) is 4.79 Å². The summed E-state index contributed by atoms with van der Waals surface area (Å²) in [6, 6.07) is 5.49. The van der Waals surface area contributed by atoms with Crippen LogP contribution in [-0.2, 0) is 9.53 Å². The maximum Gasteiger partial charge on any atom is 0.239 e. The maximum atomic E-state index is 11.8. The molecule has 0 bridgehead atoms. The normalized spacial score (nSPS) is 13.3. The Balaban J connectivity index is 0.00000324. The van der Waals surface area contributed by atoms with Gasteiger partial charge in [0.2, 0.25) is 5.91 Å². The van der Waals surface area contributed by atoms with Gasteiger partial charge in [-0.05, 0) is 37.5 Å². The fraction of sp³-hybridized carbons (Fsp3) is 0.500. The Hall–Kier alpha value is -1.10. The summed E-state index contributed by atoms with van der Waals surface area (Å²) in [7, 11) is 1.53. The van der Waals surface area contributed by atoms with E-state index in [2.05, 4.69) is 31.3 Å². The van der Waals surface area contributed by atoms with Crippen molar-refractivity contribution in [2.24, 2.45) is 5.73 Å². The molecule has 2 atom stereocenters. The van der Waals surface area contributed by atoms with Crippen molar-refractivity contribution in [3.05, 3.63) is 34.9 Å². The third-order valence-electron chi connectivity index (χ3n) is 3.07. The first-order chi connectivity index (χ1) is 8.45. The van der Waals surface area contributed by atoms with Crippen molar-refractivity contribution in [2.75, 3.05) is 13.7 Å². The predicted molar refractivity (Wildman–Crippen MR) is 79.6 cm³/mol. The van der Waals surface area contributed by atoms with Crippen LogP contribution in [0, 0.1) is 13.8 Å². The largest absolute Gasteiger partial charge is 0.383 e. The zero-order chi connectivity index (χ0) is 13.7. The number of benzene rings is 1. The monoisotopic (exact) mass is 286 g/mol. The average molecular weight is 287 g/mol. The van der Waals surface area contributed by atoms with Gasteiger partial charge >= 0.3 is 0 Å². The molecule has 0 aliphatic carbocycles. The molecule has 0 aliphatic heterocycles. The number of ether oxygens (including phenoxy) is 1. The second-order valence-electron chi connectivity index (χ2n) is 4.64. The van der Waals surface area contributed by atoms with Crippen LogP contribution in [0.5, 0.6) is 0 Å². The minimum Gasteiger partial charge on any atom is -0.383 e. The molecule has 0 spiro atoms. The van der Waals surface area contributed by atoms with E-state index < -0.39 is 6.04 Å². The molecule has 5 heteroatoms. The molecule has 0 saturated carbocycles. The van der Waals surface area contributed by atoms with Gasteiger partial charge in [-0.2, -0.15) is 0 Å². The number of amides is 1. The number of hydrogen-bond donors (Lipinski definition) is 2. The lowest BCUT2D eigenvalue weighted by Gasteiger charge is -2.18. The lowest BCUT2D eigenvalue weighted by molar-refractivity contribution is -0.124. The molecule has 0 heterocycles. The highest BCUT2D eigenvalue weighted by molar-refractivity contribution is 5.85. The number of carbonyl (C=O) groups is 1. The molecular weight excluding hydrogens is 264 g/mol. The Morgan fingerprint density at radius 1 is 1.37 bits per heavy atom. The molecule has 1 aromatic rings. The molecule has 19 heavy (non-hydrogen) atoms. The first kappa shape index (κ1) is 17.9. The van der Waals surface area contributed by atoms with Crippen molar-refractivity contribution in [1.82, 2.24) is 5.32 Å². The number of carbonyl (C=O) groups excluding carboxylic acids is 1. The molecule has 1 rings (SSSR count). The molecule has 1 aromatic carbocycles. The van der Waals surface area contributed by atoms with Gasteiger partial charge in [0.05, 0.1) is 12.6 Å². The fourth-order valence-electron chi connectivity index (χ4n) is 1.69. The second kappa shape index (κ2) is 8.15. The maximum absolute atomic E-state index is 11.8. The molecule has 2 unspecified atom stereocenters. The van der Waals surface area contributed by atoms with E-state index in [0.29, 0.717) is 0 Å². The minimum absolute atomic E-state index is 0. The Morgan fingerprint density at radius 3 is 2.53 bits per heavy atom. The van der Waals surface area contributed by atoms with Crippen molar-refractivity contribution < 1.29 is 9.53 Å². The zero-order valence-corrected chi connectivity index (χ0v) is 12.7. The Morgan fingerprint density at radius 2 is 2.00 bits per heavy atom. The quantitative estimate of drug-likeness (QED) is 0.869. The molecule has 0 aliphatic rings. The first-order valence-electron chi connectivity index (χ1n) is 6.07. The van der Waals surface area contributed by atoms with Crippen LogP contribution < -0.4 is 11.1 Å². The molecule has 0 fully saturated rings. The van der Waals surface area contributed by atoms with Gasteiger partial charge in [0.1, 0.15) is 6.04 Å². The van der Waals surface area contributed by atoms with Gasteiger partial charge < -0.3 is 15.8 Å². The Labute approximate surface area is 121 Å².